The Morgan fingerprint density at radius 3 is 2.73 bits per heavy atom. The fourth-order valence-electron chi connectivity index (χ4n) is 4.95. The zero-order valence-corrected chi connectivity index (χ0v) is 23.3. The molecule has 10 nitrogen and oxygen atoms in total. The number of aryl methyl sites for hydroxylation is 1. The van der Waals surface area contributed by atoms with E-state index in [1.807, 2.05) is 31.2 Å². The van der Waals surface area contributed by atoms with Gasteiger partial charge in [0.15, 0.2) is 0 Å². The van der Waals surface area contributed by atoms with Gasteiger partial charge in [0.1, 0.15) is 17.9 Å². The van der Waals surface area contributed by atoms with E-state index in [-0.39, 0.29) is 42.0 Å². The first-order valence-electron chi connectivity index (χ1n) is 13.3. The fraction of sp³-hybridized carbons (Fsp3) is 0.393. The molecule has 0 bridgehead atoms. The summed E-state index contributed by atoms with van der Waals surface area (Å²) in [5, 5.41) is 20.3. The molecule has 1 saturated carbocycles. The standard InChI is InChI=1S/C28H30ClF2N7O3/c1-16-4-3-5-18(10-16)22(14-39)35-25(40)17(2)37-15-33-38-13-19(11-23(38)26(37)41)24-21(29)12-32-27(36-24)34-20-6-8-28(30,31)9-7-20/h3-5,10-13,15,17,20,22,39H,6-9,14H2,1-2H3,(H,35,40)(H,32,34,36). The largest absolute Gasteiger partial charge is 0.394 e. The highest BCUT2D eigenvalue weighted by molar-refractivity contribution is 6.32. The van der Waals surface area contributed by atoms with Gasteiger partial charge < -0.3 is 15.7 Å². The van der Waals surface area contributed by atoms with Crippen molar-refractivity contribution in [2.45, 2.75) is 63.6 Å². The van der Waals surface area contributed by atoms with Crippen LogP contribution in [-0.4, -0.2) is 53.7 Å². The monoisotopic (exact) mass is 585 g/mol. The molecule has 0 radical (unpaired) electrons. The number of aliphatic hydroxyl groups excluding tert-OH is 1. The quantitative estimate of drug-likeness (QED) is 0.281. The summed E-state index contributed by atoms with van der Waals surface area (Å²) in [6, 6.07) is 7.28. The lowest BCUT2D eigenvalue weighted by molar-refractivity contribution is -0.125. The van der Waals surface area contributed by atoms with Crippen LogP contribution in [0.25, 0.3) is 16.8 Å². The lowest BCUT2D eigenvalue weighted by Gasteiger charge is -2.28. The van der Waals surface area contributed by atoms with E-state index in [2.05, 4.69) is 25.7 Å². The Kier molecular flexibility index (Phi) is 8.05. The van der Waals surface area contributed by atoms with Gasteiger partial charge in [-0.3, -0.25) is 14.2 Å². The van der Waals surface area contributed by atoms with Gasteiger partial charge >= 0.3 is 0 Å². The maximum absolute atomic E-state index is 13.5. The molecule has 5 rings (SSSR count). The summed E-state index contributed by atoms with van der Waals surface area (Å²) in [7, 11) is 0. The van der Waals surface area contributed by atoms with Crippen molar-refractivity contribution in [2.24, 2.45) is 0 Å². The van der Waals surface area contributed by atoms with E-state index in [0.717, 1.165) is 11.1 Å². The van der Waals surface area contributed by atoms with Crippen LogP contribution in [0.4, 0.5) is 14.7 Å². The Bertz CT molecular complexity index is 1630. The van der Waals surface area contributed by atoms with Crippen LogP contribution in [0, 0.1) is 6.92 Å². The number of nitrogens with one attached hydrogen (secondary N) is 2. The van der Waals surface area contributed by atoms with Crippen LogP contribution in [0.2, 0.25) is 5.02 Å². The minimum absolute atomic E-state index is 0.186. The number of carbonyl (C=O) groups excluding carboxylic acids is 1. The number of rotatable bonds is 8. The Morgan fingerprint density at radius 2 is 2.02 bits per heavy atom. The molecule has 216 valence electrons. The van der Waals surface area contributed by atoms with Crippen LogP contribution in [0.5, 0.6) is 0 Å². The predicted molar refractivity (Wildman–Crippen MR) is 150 cm³/mol. The van der Waals surface area contributed by atoms with E-state index in [4.69, 9.17) is 11.6 Å². The number of fused-ring (bicyclic) bond motifs is 1. The van der Waals surface area contributed by atoms with Gasteiger partial charge in [0.2, 0.25) is 17.8 Å². The highest BCUT2D eigenvalue weighted by Crippen LogP contribution is 2.34. The normalized spacial score (nSPS) is 16.8. The molecule has 1 aromatic carbocycles. The Morgan fingerprint density at radius 1 is 1.27 bits per heavy atom. The molecular formula is C28H30ClF2N7O3. The van der Waals surface area contributed by atoms with Crippen molar-refractivity contribution in [3.8, 4) is 11.3 Å². The number of amides is 1. The van der Waals surface area contributed by atoms with E-state index in [1.54, 1.807) is 19.2 Å². The van der Waals surface area contributed by atoms with Gasteiger partial charge in [-0.05, 0) is 38.3 Å². The lowest BCUT2D eigenvalue weighted by Crippen LogP contribution is -2.39. The molecule has 1 aliphatic rings. The third kappa shape index (κ3) is 6.23. The summed E-state index contributed by atoms with van der Waals surface area (Å²) in [6.45, 7) is 3.19. The van der Waals surface area contributed by atoms with Crippen LogP contribution in [0.1, 0.15) is 55.8 Å². The molecule has 2 unspecified atom stereocenters. The topological polar surface area (TPSA) is 126 Å². The summed E-state index contributed by atoms with van der Waals surface area (Å²) < 4.78 is 29.6. The highest BCUT2D eigenvalue weighted by atomic mass is 35.5. The van der Waals surface area contributed by atoms with Crippen molar-refractivity contribution >= 4 is 29.0 Å². The number of aliphatic hydroxyl groups is 1. The maximum atomic E-state index is 13.5. The Hall–Kier alpha value is -3.90. The van der Waals surface area contributed by atoms with Gasteiger partial charge in [-0.1, -0.05) is 41.4 Å². The van der Waals surface area contributed by atoms with Gasteiger partial charge in [-0.2, -0.15) is 5.10 Å². The molecule has 0 aliphatic heterocycles. The van der Waals surface area contributed by atoms with Gasteiger partial charge in [0.05, 0.1) is 29.6 Å². The van der Waals surface area contributed by atoms with E-state index in [9.17, 15) is 23.5 Å². The summed E-state index contributed by atoms with van der Waals surface area (Å²) in [4.78, 5) is 35.1. The molecule has 3 N–H and O–H groups in total. The highest BCUT2D eigenvalue weighted by Gasteiger charge is 2.35. The van der Waals surface area contributed by atoms with Gasteiger partial charge in [0, 0.05) is 30.6 Å². The molecule has 1 amide bonds. The molecular weight excluding hydrogens is 556 g/mol. The second-order valence-electron chi connectivity index (χ2n) is 10.4. The third-order valence-electron chi connectivity index (χ3n) is 7.36. The second-order valence-corrected chi connectivity index (χ2v) is 10.8. The fourth-order valence-corrected chi connectivity index (χ4v) is 5.15. The second kappa shape index (κ2) is 11.5. The van der Waals surface area contributed by atoms with E-state index in [1.165, 1.54) is 21.6 Å². The number of halogens is 3. The van der Waals surface area contributed by atoms with E-state index < -0.39 is 29.5 Å². The predicted octanol–water partition coefficient (Wildman–Crippen LogP) is 4.32. The van der Waals surface area contributed by atoms with Crippen molar-refractivity contribution in [3.05, 3.63) is 75.6 Å². The third-order valence-corrected chi connectivity index (χ3v) is 7.64. The number of hydrogen-bond donors (Lipinski definition) is 3. The number of aromatic nitrogens is 5. The zero-order chi connectivity index (χ0) is 29.3. The number of anilines is 1. The summed E-state index contributed by atoms with van der Waals surface area (Å²) in [5.41, 5.74) is 2.31. The smallest absolute Gasteiger partial charge is 0.278 e. The van der Waals surface area contributed by atoms with Gasteiger partial charge in [-0.25, -0.2) is 23.3 Å². The summed E-state index contributed by atoms with van der Waals surface area (Å²) in [6.07, 6.45) is 4.47. The molecule has 1 fully saturated rings. The molecule has 41 heavy (non-hydrogen) atoms. The number of benzene rings is 1. The molecule has 3 aromatic heterocycles. The van der Waals surface area contributed by atoms with Crippen LogP contribution in [0.15, 0.2) is 53.8 Å². The first-order valence-corrected chi connectivity index (χ1v) is 13.7. The molecule has 0 saturated heterocycles. The minimum atomic E-state index is -2.64. The molecule has 2 atom stereocenters. The van der Waals surface area contributed by atoms with Gasteiger partial charge in [-0.15, -0.1) is 0 Å². The average Bonchev–Trinajstić information content (AvgIpc) is 3.39. The zero-order valence-electron chi connectivity index (χ0n) is 22.5. The number of hydrogen-bond acceptors (Lipinski definition) is 7. The van der Waals surface area contributed by atoms with E-state index in [0.29, 0.717) is 24.1 Å². The molecule has 3 heterocycles. The van der Waals surface area contributed by atoms with Crippen molar-refractivity contribution in [3.63, 3.8) is 0 Å². The van der Waals surface area contributed by atoms with Crippen molar-refractivity contribution < 1.29 is 18.7 Å². The van der Waals surface area contributed by atoms with Crippen molar-refractivity contribution in [1.29, 1.82) is 0 Å². The van der Waals surface area contributed by atoms with Crippen LogP contribution in [0.3, 0.4) is 0 Å². The van der Waals surface area contributed by atoms with E-state index >= 15 is 0 Å². The molecule has 0 spiro atoms. The average molecular weight is 586 g/mol. The van der Waals surface area contributed by atoms with Crippen LogP contribution >= 0.6 is 11.6 Å². The lowest BCUT2D eigenvalue weighted by atomic mass is 9.92. The SMILES string of the molecule is Cc1cccc(C(CO)NC(=O)C(C)n2cnn3cc(-c4nc(NC5CCC(F)(F)CC5)ncc4Cl)cc3c2=O)c1. The number of carbonyl (C=O) groups is 1. The first kappa shape index (κ1) is 28.6. The minimum Gasteiger partial charge on any atom is -0.394 e. The van der Waals surface area contributed by atoms with Crippen LogP contribution in [-0.2, 0) is 4.79 Å². The molecule has 1 aliphatic carbocycles. The molecule has 13 heteroatoms. The first-order chi connectivity index (χ1) is 19.5. The summed E-state index contributed by atoms with van der Waals surface area (Å²) >= 11 is 6.39. The Labute approximate surface area is 239 Å². The van der Waals surface area contributed by atoms with Crippen molar-refractivity contribution in [1.82, 2.24) is 29.5 Å². The molecule has 4 aromatic rings. The maximum Gasteiger partial charge on any atom is 0.278 e. The Balaban J connectivity index is 1.37. The van der Waals surface area contributed by atoms with Crippen LogP contribution < -0.4 is 16.2 Å². The number of alkyl halides is 2. The van der Waals surface area contributed by atoms with Crippen molar-refractivity contribution in [2.75, 3.05) is 11.9 Å². The summed E-state index contributed by atoms with van der Waals surface area (Å²) in [5.74, 6) is -2.85. The van der Waals surface area contributed by atoms with Gasteiger partial charge in [0.25, 0.3) is 5.56 Å². The number of nitrogens with zero attached hydrogens (tertiary/aromatic N) is 5.